The Morgan fingerprint density at radius 2 is 1.50 bits per heavy atom. The largest absolute Gasteiger partial charge is 0.268 e. The lowest BCUT2D eigenvalue weighted by atomic mass is 9.76. The average molecular weight is 221 g/mol. The molecule has 0 N–H and O–H groups in total. The van der Waals surface area contributed by atoms with E-state index in [4.69, 9.17) is 0 Å². The van der Waals surface area contributed by atoms with Crippen LogP contribution in [0, 0.1) is 16.7 Å². The summed E-state index contributed by atoms with van der Waals surface area (Å²) in [5.74, 6) is 0.596. The van der Waals surface area contributed by atoms with E-state index in [1.807, 2.05) is 26.3 Å². The van der Waals surface area contributed by atoms with Gasteiger partial charge in [-0.15, -0.1) is 0 Å². The zero-order chi connectivity index (χ0) is 12.8. The topological polar surface area (TPSA) is 12.4 Å². The predicted octanol–water partition coefficient (Wildman–Crippen LogP) is 4.86. The van der Waals surface area contributed by atoms with Crippen molar-refractivity contribution in [3.05, 3.63) is 24.4 Å². The summed E-state index contributed by atoms with van der Waals surface area (Å²) in [4.78, 5) is 4.30. The molecule has 0 aliphatic carbocycles. The summed E-state index contributed by atoms with van der Waals surface area (Å²) in [6.07, 6.45) is 10.6. The highest BCUT2D eigenvalue weighted by Crippen LogP contribution is 2.33. The van der Waals surface area contributed by atoms with Gasteiger partial charge in [0.15, 0.2) is 0 Å². The van der Waals surface area contributed by atoms with Crippen LogP contribution in [0.25, 0.3) is 0 Å². The van der Waals surface area contributed by atoms with Gasteiger partial charge in [0.1, 0.15) is 0 Å². The molecule has 0 fully saturated rings. The molecule has 1 aliphatic rings. The lowest BCUT2D eigenvalue weighted by Gasteiger charge is -2.29. The van der Waals surface area contributed by atoms with Crippen LogP contribution in [-0.2, 0) is 0 Å². The van der Waals surface area contributed by atoms with Crippen molar-refractivity contribution in [2.75, 3.05) is 0 Å². The summed E-state index contributed by atoms with van der Waals surface area (Å²) >= 11 is 0. The molecule has 16 heavy (non-hydrogen) atoms. The Bertz CT molecular complexity index is 282. The number of allylic oxidation sites excluding steroid dienone is 3. The first-order chi connectivity index (χ1) is 7.36. The molecule has 0 spiro atoms. The van der Waals surface area contributed by atoms with Crippen LogP contribution in [0.15, 0.2) is 29.4 Å². The normalized spacial score (nSPS) is 31.0. The van der Waals surface area contributed by atoms with Crippen LogP contribution in [-0.4, -0.2) is 6.21 Å². The SMILES string of the molecule is CC.CC(C)C1(C)/C=C\N=CC(C)(C)/C=C\1. The number of aliphatic imine (C=N–C) groups is 1. The Labute approximate surface area is 101 Å². The third-order valence-electron chi connectivity index (χ3n) is 3.04. The van der Waals surface area contributed by atoms with Gasteiger partial charge in [0, 0.05) is 23.2 Å². The Morgan fingerprint density at radius 3 is 2.00 bits per heavy atom. The summed E-state index contributed by atoms with van der Waals surface area (Å²) in [7, 11) is 0. The zero-order valence-corrected chi connectivity index (χ0v) is 11.9. The van der Waals surface area contributed by atoms with E-state index in [-0.39, 0.29) is 10.8 Å². The van der Waals surface area contributed by atoms with E-state index in [0.29, 0.717) is 5.92 Å². The molecule has 1 unspecified atom stereocenters. The summed E-state index contributed by atoms with van der Waals surface area (Å²) in [6, 6.07) is 0. The summed E-state index contributed by atoms with van der Waals surface area (Å²) in [6.45, 7) is 15.1. The summed E-state index contributed by atoms with van der Waals surface area (Å²) in [5.41, 5.74) is 0.204. The van der Waals surface area contributed by atoms with Gasteiger partial charge in [0.2, 0.25) is 0 Å². The van der Waals surface area contributed by atoms with Crippen molar-refractivity contribution in [1.29, 1.82) is 0 Å². The first kappa shape index (κ1) is 15.2. The summed E-state index contributed by atoms with van der Waals surface area (Å²) in [5, 5.41) is 0. The third kappa shape index (κ3) is 4.34. The molecule has 1 aliphatic heterocycles. The quantitative estimate of drug-likeness (QED) is 0.561. The van der Waals surface area contributed by atoms with E-state index < -0.39 is 0 Å². The molecule has 0 aromatic carbocycles. The minimum Gasteiger partial charge on any atom is -0.268 e. The predicted molar refractivity (Wildman–Crippen MR) is 74.8 cm³/mol. The van der Waals surface area contributed by atoms with Crippen molar-refractivity contribution in [2.45, 2.75) is 48.5 Å². The van der Waals surface area contributed by atoms with Crippen LogP contribution in [0.2, 0.25) is 0 Å². The van der Waals surface area contributed by atoms with Crippen molar-refractivity contribution >= 4 is 6.21 Å². The van der Waals surface area contributed by atoms with Crippen LogP contribution < -0.4 is 0 Å². The molecule has 1 nitrogen and oxygen atoms in total. The lowest BCUT2D eigenvalue weighted by molar-refractivity contribution is 0.379. The lowest BCUT2D eigenvalue weighted by Crippen LogP contribution is -2.20. The fraction of sp³-hybridized carbons (Fsp3) is 0.667. The maximum Gasteiger partial charge on any atom is 0.0233 e. The molecule has 1 rings (SSSR count). The van der Waals surface area contributed by atoms with E-state index in [9.17, 15) is 0 Å². The second-order valence-electron chi connectivity index (χ2n) is 5.27. The monoisotopic (exact) mass is 221 g/mol. The third-order valence-corrected chi connectivity index (χ3v) is 3.04. The van der Waals surface area contributed by atoms with Gasteiger partial charge in [-0.25, -0.2) is 0 Å². The average Bonchev–Trinajstić information content (AvgIpc) is 2.23. The van der Waals surface area contributed by atoms with Gasteiger partial charge in [0.25, 0.3) is 0 Å². The second kappa shape index (κ2) is 6.03. The minimum atomic E-state index is 0.0703. The molecule has 0 aromatic heterocycles. The molecule has 0 aromatic rings. The Balaban J connectivity index is 0.00000106. The molecule has 1 heterocycles. The molecule has 1 heteroatoms. The Morgan fingerprint density at radius 1 is 0.938 bits per heavy atom. The van der Waals surface area contributed by atoms with E-state index in [0.717, 1.165) is 0 Å². The van der Waals surface area contributed by atoms with Gasteiger partial charge in [-0.3, -0.25) is 4.99 Å². The van der Waals surface area contributed by atoms with Crippen molar-refractivity contribution in [3.8, 4) is 0 Å². The number of hydrogen-bond donors (Lipinski definition) is 0. The fourth-order valence-corrected chi connectivity index (χ4v) is 1.32. The smallest absolute Gasteiger partial charge is 0.0233 e. The van der Waals surface area contributed by atoms with Gasteiger partial charge in [-0.2, -0.15) is 0 Å². The molecular weight excluding hydrogens is 194 g/mol. The molecule has 0 bridgehead atoms. The molecule has 92 valence electrons. The van der Waals surface area contributed by atoms with Gasteiger partial charge < -0.3 is 0 Å². The molecule has 0 saturated carbocycles. The standard InChI is InChI=1S/C13H21N.C2H6/c1-11(2)13(5)7-6-12(3,4)10-14-9-8-13;1-2/h6-11H,1-5H3;1-2H3/b7-6-,9-8-,14-10?;. The number of hydrogen-bond acceptors (Lipinski definition) is 1. The number of nitrogens with zero attached hydrogens (tertiary/aromatic N) is 1. The first-order valence-corrected chi connectivity index (χ1v) is 6.28. The van der Waals surface area contributed by atoms with E-state index in [2.05, 4.69) is 57.8 Å². The highest BCUT2D eigenvalue weighted by molar-refractivity contribution is 5.68. The van der Waals surface area contributed by atoms with Crippen LogP contribution >= 0.6 is 0 Å². The van der Waals surface area contributed by atoms with Crippen LogP contribution in [0.1, 0.15) is 48.5 Å². The maximum atomic E-state index is 4.30. The molecule has 0 amide bonds. The highest BCUT2D eigenvalue weighted by Gasteiger charge is 2.24. The van der Waals surface area contributed by atoms with Crippen molar-refractivity contribution in [1.82, 2.24) is 0 Å². The Kier molecular flexibility index (Phi) is 5.71. The van der Waals surface area contributed by atoms with Gasteiger partial charge in [-0.05, 0) is 5.92 Å². The van der Waals surface area contributed by atoms with Crippen LogP contribution in [0.4, 0.5) is 0 Å². The van der Waals surface area contributed by atoms with E-state index in [1.54, 1.807) is 0 Å². The fourth-order valence-electron chi connectivity index (χ4n) is 1.32. The van der Waals surface area contributed by atoms with E-state index >= 15 is 0 Å². The zero-order valence-electron chi connectivity index (χ0n) is 11.9. The minimum absolute atomic E-state index is 0.0703. The van der Waals surface area contributed by atoms with E-state index in [1.165, 1.54) is 0 Å². The summed E-state index contributed by atoms with van der Waals surface area (Å²) < 4.78 is 0. The number of rotatable bonds is 1. The van der Waals surface area contributed by atoms with Gasteiger partial charge in [-0.1, -0.05) is 66.7 Å². The second-order valence-corrected chi connectivity index (χ2v) is 5.27. The Hall–Kier alpha value is -0.850. The molecule has 1 atom stereocenters. The first-order valence-electron chi connectivity index (χ1n) is 6.28. The van der Waals surface area contributed by atoms with Crippen molar-refractivity contribution < 1.29 is 0 Å². The van der Waals surface area contributed by atoms with Crippen molar-refractivity contribution in [2.24, 2.45) is 21.7 Å². The molecule has 0 radical (unpaired) electrons. The maximum absolute atomic E-state index is 4.30. The van der Waals surface area contributed by atoms with Gasteiger partial charge >= 0.3 is 0 Å². The molecular formula is C15H27N. The molecule has 0 saturated heterocycles. The van der Waals surface area contributed by atoms with Crippen LogP contribution in [0.3, 0.4) is 0 Å². The highest BCUT2D eigenvalue weighted by atomic mass is 14.7. The van der Waals surface area contributed by atoms with Crippen molar-refractivity contribution in [3.63, 3.8) is 0 Å². The van der Waals surface area contributed by atoms with Crippen LogP contribution in [0.5, 0.6) is 0 Å². The van der Waals surface area contributed by atoms with Gasteiger partial charge in [0.05, 0.1) is 0 Å².